The summed E-state index contributed by atoms with van der Waals surface area (Å²) in [6, 6.07) is 4.07. The molecule has 1 atom stereocenters. The predicted molar refractivity (Wildman–Crippen MR) is 61.8 cm³/mol. The van der Waals surface area contributed by atoms with Gasteiger partial charge in [0.25, 0.3) is 0 Å². The number of nitro groups is 1. The van der Waals surface area contributed by atoms with E-state index < -0.39 is 17.0 Å². The molecule has 7 heteroatoms. The van der Waals surface area contributed by atoms with Gasteiger partial charge in [0.1, 0.15) is 5.75 Å². The Morgan fingerprint density at radius 2 is 2.06 bits per heavy atom. The van der Waals surface area contributed by atoms with Crippen LogP contribution < -0.4 is 9.47 Å². The van der Waals surface area contributed by atoms with Crippen molar-refractivity contribution in [3.05, 3.63) is 28.3 Å². The van der Waals surface area contributed by atoms with E-state index >= 15 is 0 Å². The van der Waals surface area contributed by atoms with E-state index in [1.54, 1.807) is 0 Å². The Balaban J connectivity index is 2.95. The molecule has 0 N–H and O–H groups in total. The monoisotopic (exact) mass is 255 g/mol. The Bertz CT molecular complexity index is 459. The minimum Gasteiger partial charge on any atom is -0.490 e. The highest BCUT2D eigenvalue weighted by Gasteiger charge is 2.19. The Kier molecular flexibility index (Phi) is 4.47. The maximum atomic E-state index is 11.2. The van der Waals surface area contributed by atoms with E-state index in [0.29, 0.717) is 0 Å². The van der Waals surface area contributed by atoms with Gasteiger partial charge in [-0.2, -0.15) is 0 Å². The molecule has 18 heavy (non-hydrogen) atoms. The summed E-state index contributed by atoms with van der Waals surface area (Å²) in [4.78, 5) is 21.4. The summed E-state index contributed by atoms with van der Waals surface area (Å²) in [7, 11) is 2.57. The normalized spacial score (nSPS) is 11.5. The molecular formula is C11H13NO6. The van der Waals surface area contributed by atoms with E-state index in [9.17, 15) is 14.9 Å². The first-order valence-corrected chi connectivity index (χ1v) is 5.06. The van der Waals surface area contributed by atoms with Crippen molar-refractivity contribution in [3.63, 3.8) is 0 Å². The molecule has 0 bridgehead atoms. The third-order valence-corrected chi connectivity index (χ3v) is 2.19. The zero-order valence-electron chi connectivity index (χ0n) is 10.2. The smallest absolute Gasteiger partial charge is 0.346 e. The Labute approximate surface area is 103 Å². The van der Waals surface area contributed by atoms with Gasteiger partial charge in [-0.15, -0.1) is 0 Å². The van der Waals surface area contributed by atoms with Crippen LogP contribution in [-0.2, 0) is 9.53 Å². The highest BCUT2D eigenvalue weighted by atomic mass is 16.6. The van der Waals surface area contributed by atoms with Gasteiger partial charge in [0.2, 0.25) is 0 Å². The number of benzene rings is 1. The molecule has 0 saturated carbocycles. The van der Waals surface area contributed by atoms with E-state index in [-0.39, 0.29) is 17.2 Å². The molecule has 0 aliphatic carbocycles. The lowest BCUT2D eigenvalue weighted by atomic mass is 10.2. The first-order chi connectivity index (χ1) is 8.49. The fourth-order valence-corrected chi connectivity index (χ4v) is 1.30. The second-order valence-electron chi connectivity index (χ2n) is 3.37. The van der Waals surface area contributed by atoms with Crippen molar-refractivity contribution < 1.29 is 23.9 Å². The summed E-state index contributed by atoms with van der Waals surface area (Å²) >= 11 is 0. The summed E-state index contributed by atoms with van der Waals surface area (Å²) in [6.45, 7) is 1.49. The Morgan fingerprint density at radius 1 is 1.39 bits per heavy atom. The van der Waals surface area contributed by atoms with Gasteiger partial charge in [0.15, 0.2) is 11.9 Å². The van der Waals surface area contributed by atoms with Crippen LogP contribution in [0.4, 0.5) is 5.69 Å². The molecule has 0 spiro atoms. The third kappa shape index (κ3) is 3.09. The van der Waals surface area contributed by atoms with Gasteiger partial charge >= 0.3 is 11.7 Å². The van der Waals surface area contributed by atoms with Gasteiger partial charge in [-0.1, -0.05) is 0 Å². The zero-order chi connectivity index (χ0) is 13.7. The topological polar surface area (TPSA) is 87.9 Å². The molecule has 1 rings (SSSR count). The van der Waals surface area contributed by atoms with Crippen LogP contribution in [0.3, 0.4) is 0 Å². The number of carbonyl (C=O) groups excluding carboxylic acids is 1. The van der Waals surface area contributed by atoms with Crippen LogP contribution in [0.25, 0.3) is 0 Å². The molecule has 0 aromatic heterocycles. The molecular weight excluding hydrogens is 242 g/mol. The standard InChI is InChI=1S/C11H13NO6/c1-7(11(13)17-3)18-8-4-5-10(16-2)9(6-8)12(14)15/h4-7H,1-3H3/t7-/m1/s1. The Hall–Kier alpha value is -2.31. The van der Waals surface area contributed by atoms with E-state index in [1.165, 1.54) is 39.3 Å². The lowest BCUT2D eigenvalue weighted by Crippen LogP contribution is -2.24. The van der Waals surface area contributed by atoms with Crippen LogP contribution in [0.2, 0.25) is 0 Å². The summed E-state index contributed by atoms with van der Waals surface area (Å²) in [5, 5.41) is 10.8. The van der Waals surface area contributed by atoms with Gasteiger partial charge in [-0.3, -0.25) is 10.1 Å². The van der Waals surface area contributed by atoms with Gasteiger partial charge in [-0.05, 0) is 19.1 Å². The number of nitrogens with zero attached hydrogens (tertiary/aromatic N) is 1. The van der Waals surface area contributed by atoms with Crippen LogP contribution >= 0.6 is 0 Å². The molecule has 0 unspecified atom stereocenters. The molecule has 7 nitrogen and oxygen atoms in total. The summed E-state index contributed by atoms with van der Waals surface area (Å²) < 4.78 is 14.6. The van der Waals surface area contributed by atoms with Crippen molar-refractivity contribution in [1.29, 1.82) is 0 Å². The minimum atomic E-state index is -0.844. The first-order valence-electron chi connectivity index (χ1n) is 5.06. The second-order valence-corrected chi connectivity index (χ2v) is 3.37. The molecule has 0 aliphatic rings. The number of rotatable bonds is 5. The molecule has 0 fully saturated rings. The maximum Gasteiger partial charge on any atom is 0.346 e. The number of nitro benzene ring substituents is 1. The largest absolute Gasteiger partial charge is 0.490 e. The zero-order valence-corrected chi connectivity index (χ0v) is 10.2. The third-order valence-electron chi connectivity index (χ3n) is 2.19. The van der Waals surface area contributed by atoms with Crippen molar-refractivity contribution >= 4 is 11.7 Å². The van der Waals surface area contributed by atoms with Gasteiger partial charge in [0.05, 0.1) is 25.2 Å². The van der Waals surface area contributed by atoms with Gasteiger partial charge in [0, 0.05) is 0 Å². The number of methoxy groups -OCH3 is 2. The molecule has 0 heterocycles. The molecule has 1 aromatic rings. The summed E-state index contributed by atoms with van der Waals surface area (Å²) in [6.07, 6.45) is -0.844. The first kappa shape index (κ1) is 13.8. The van der Waals surface area contributed by atoms with Crippen LogP contribution in [0.1, 0.15) is 6.92 Å². The maximum absolute atomic E-state index is 11.2. The van der Waals surface area contributed by atoms with Crippen LogP contribution in [0.5, 0.6) is 11.5 Å². The fraction of sp³-hybridized carbons (Fsp3) is 0.364. The summed E-state index contributed by atoms with van der Waals surface area (Å²) in [5.74, 6) is -0.244. The molecule has 0 saturated heterocycles. The van der Waals surface area contributed by atoms with Crippen molar-refractivity contribution in [2.75, 3.05) is 14.2 Å². The number of carbonyl (C=O) groups is 1. The van der Waals surface area contributed by atoms with Crippen molar-refractivity contribution in [1.82, 2.24) is 0 Å². The average molecular weight is 255 g/mol. The van der Waals surface area contributed by atoms with Crippen LogP contribution in [0, 0.1) is 10.1 Å². The quantitative estimate of drug-likeness (QED) is 0.450. The second kappa shape index (κ2) is 5.85. The van der Waals surface area contributed by atoms with E-state index in [1.807, 2.05) is 0 Å². The Morgan fingerprint density at radius 3 is 2.56 bits per heavy atom. The highest BCUT2D eigenvalue weighted by molar-refractivity contribution is 5.74. The molecule has 1 aromatic carbocycles. The fourth-order valence-electron chi connectivity index (χ4n) is 1.30. The van der Waals surface area contributed by atoms with Gasteiger partial charge in [-0.25, -0.2) is 4.79 Å². The minimum absolute atomic E-state index is 0.123. The highest BCUT2D eigenvalue weighted by Crippen LogP contribution is 2.31. The van der Waals surface area contributed by atoms with Crippen molar-refractivity contribution in [3.8, 4) is 11.5 Å². The molecule has 0 radical (unpaired) electrons. The SMILES string of the molecule is COC(=O)[C@@H](C)Oc1ccc(OC)c([N+](=O)[O-])c1. The van der Waals surface area contributed by atoms with Crippen LogP contribution in [0.15, 0.2) is 18.2 Å². The molecule has 0 amide bonds. The lowest BCUT2D eigenvalue weighted by Gasteiger charge is -2.12. The van der Waals surface area contributed by atoms with E-state index in [0.717, 1.165) is 0 Å². The number of hydrogen-bond donors (Lipinski definition) is 0. The van der Waals surface area contributed by atoms with Crippen LogP contribution in [-0.4, -0.2) is 31.2 Å². The molecule has 98 valence electrons. The molecule has 0 aliphatic heterocycles. The number of ether oxygens (including phenoxy) is 3. The van der Waals surface area contributed by atoms with Gasteiger partial charge < -0.3 is 14.2 Å². The predicted octanol–water partition coefficient (Wildman–Crippen LogP) is 1.54. The van der Waals surface area contributed by atoms with E-state index in [4.69, 9.17) is 9.47 Å². The average Bonchev–Trinajstić information content (AvgIpc) is 2.37. The number of hydrogen-bond acceptors (Lipinski definition) is 6. The van der Waals surface area contributed by atoms with Crippen molar-refractivity contribution in [2.24, 2.45) is 0 Å². The lowest BCUT2D eigenvalue weighted by molar-refractivity contribution is -0.385. The van der Waals surface area contributed by atoms with Crippen molar-refractivity contribution in [2.45, 2.75) is 13.0 Å². The number of esters is 1. The summed E-state index contributed by atoms with van der Waals surface area (Å²) in [5.41, 5.74) is -0.230. The van der Waals surface area contributed by atoms with E-state index in [2.05, 4.69) is 4.74 Å².